The van der Waals surface area contributed by atoms with Crippen molar-refractivity contribution in [2.75, 3.05) is 0 Å². The Bertz CT molecular complexity index is 543. The van der Waals surface area contributed by atoms with Crippen molar-refractivity contribution in [1.82, 2.24) is 0 Å². The van der Waals surface area contributed by atoms with E-state index < -0.39 is 0 Å². The molecule has 3 rings (SSSR count). The Hall–Kier alpha value is -1.61. The molecule has 0 bridgehead atoms. The third kappa shape index (κ3) is 2.24. The van der Waals surface area contributed by atoms with Crippen molar-refractivity contribution in [3.8, 4) is 10.8 Å². The van der Waals surface area contributed by atoms with Gasteiger partial charge in [-0.05, 0) is 47.2 Å². The van der Waals surface area contributed by atoms with Gasteiger partial charge in [0, 0.05) is 12.8 Å². The van der Waals surface area contributed by atoms with Gasteiger partial charge >= 0.3 is 0 Å². The number of rotatable bonds is 2. The van der Waals surface area contributed by atoms with Crippen LogP contribution in [0.1, 0.15) is 17.5 Å². The Kier molecular flexibility index (Phi) is 2.69. The van der Waals surface area contributed by atoms with Crippen molar-refractivity contribution in [3.05, 3.63) is 46.8 Å². The van der Waals surface area contributed by atoms with Gasteiger partial charge in [-0.2, -0.15) is 0 Å². The number of hydrogen-bond acceptors (Lipinski definition) is 3. The van der Waals surface area contributed by atoms with Gasteiger partial charge in [0.15, 0.2) is 5.06 Å². The molecule has 1 heterocycles. The number of thiophene rings is 1. The van der Waals surface area contributed by atoms with Crippen LogP contribution in [0.15, 0.2) is 35.7 Å². The lowest BCUT2D eigenvalue weighted by Gasteiger charge is -2.15. The third-order valence-electron chi connectivity index (χ3n) is 2.95. The van der Waals surface area contributed by atoms with Crippen molar-refractivity contribution >= 4 is 17.1 Å². The first-order valence-corrected chi connectivity index (χ1v) is 6.54. The van der Waals surface area contributed by atoms with Gasteiger partial charge in [-0.1, -0.05) is 6.07 Å². The first kappa shape index (κ1) is 10.5. The molecule has 1 aromatic heterocycles. The summed E-state index contributed by atoms with van der Waals surface area (Å²) in [5.74, 6) is 1.20. The highest BCUT2D eigenvalue weighted by Crippen LogP contribution is 2.29. The fraction of sp³-hybridized carbons (Fsp3) is 0.214. The fourth-order valence-corrected chi connectivity index (χ4v) is 2.68. The van der Waals surface area contributed by atoms with Crippen molar-refractivity contribution < 1.29 is 9.53 Å². The fourth-order valence-electron chi connectivity index (χ4n) is 2.08. The molecule has 86 valence electrons. The number of fused-ring (bicyclic) bond motifs is 1. The van der Waals surface area contributed by atoms with E-state index in [4.69, 9.17) is 4.74 Å². The normalized spacial score (nSPS) is 14.5. The number of Topliss-reactive ketones (excluding diaryl/α,β-unsaturated/α-hetero) is 1. The Morgan fingerprint density at radius 2 is 2.06 bits per heavy atom. The largest absolute Gasteiger partial charge is 0.447 e. The Morgan fingerprint density at radius 1 is 1.12 bits per heavy atom. The summed E-state index contributed by atoms with van der Waals surface area (Å²) in [6, 6.07) is 9.93. The minimum Gasteiger partial charge on any atom is -0.447 e. The van der Waals surface area contributed by atoms with E-state index in [1.54, 1.807) is 11.3 Å². The highest BCUT2D eigenvalue weighted by atomic mass is 32.1. The summed E-state index contributed by atoms with van der Waals surface area (Å²) in [5, 5.41) is 2.89. The van der Waals surface area contributed by atoms with Crippen molar-refractivity contribution in [2.24, 2.45) is 0 Å². The molecule has 0 amide bonds. The van der Waals surface area contributed by atoms with E-state index in [0.29, 0.717) is 18.6 Å². The van der Waals surface area contributed by atoms with Gasteiger partial charge in [0.05, 0.1) is 0 Å². The third-order valence-corrected chi connectivity index (χ3v) is 3.70. The van der Waals surface area contributed by atoms with Crippen LogP contribution in [-0.4, -0.2) is 5.78 Å². The van der Waals surface area contributed by atoms with Gasteiger partial charge in [0.1, 0.15) is 11.5 Å². The molecule has 0 N–H and O–H groups in total. The first-order chi connectivity index (χ1) is 8.31. The second kappa shape index (κ2) is 4.34. The van der Waals surface area contributed by atoms with Gasteiger partial charge in [-0.3, -0.25) is 4.79 Å². The smallest absolute Gasteiger partial charge is 0.180 e. The Balaban J connectivity index is 1.86. The number of carbonyl (C=O) groups is 1. The average molecular weight is 244 g/mol. The standard InChI is InChI=1S/C14H12O2S/c15-12-5-3-11-9-13(6-4-10(11)8-12)16-14-2-1-7-17-14/h1-2,4,6-7,9H,3,5,8H2. The number of aryl methyl sites for hydroxylation is 1. The van der Waals surface area contributed by atoms with Crippen LogP contribution in [0.25, 0.3) is 0 Å². The van der Waals surface area contributed by atoms with Crippen LogP contribution in [0.2, 0.25) is 0 Å². The lowest BCUT2D eigenvalue weighted by Crippen LogP contribution is -2.12. The maximum absolute atomic E-state index is 11.3. The van der Waals surface area contributed by atoms with Crippen LogP contribution >= 0.6 is 11.3 Å². The summed E-state index contributed by atoms with van der Waals surface area (Å²) in [4.78, 5) is 11.3. The lowest BCUT2D eigenvalue weighted by molar-refractivity contribution is -0.118. The number of ketones is 1. The van der Waals surface area contributed by atoms with Crippen LogP contribution in [0, 0.1) is 0 Å². The molecule has 0 saturated carbocycles. The molecule has 0 atom stereocenters. The van der Waals surface area contributed by atoms with Crippen LogP contribution < -0.4 is 4.74 Å². The first-order valence-electron chi connectivity index (χ1n) is 5.66. The number of benzene rings is 1. The van der Waals surface area contributed by atoms with E-state index in [9.17, 15) is 4.79 Å². The topological polar surface area (TPSA) is 26.3 Å². The van der Waals surface area contributed by atoms with Gasteiger partial charge < -0.3 is 4.74 Å². The molecular formula is C14H12O2S. The highest BCUT2D eigenvalue weighted by molar-refractivity contribution is 7.11. The molecule has 3 heteroatoms. The zero-order valence-corrected chi connectivity index (χ0v) is 10.1. The van der Waals surface area contributed by atoms with Crippen molar-refractivity contribution in [3.63, 3.8) is 0 Å². The van der Waals surface area contributed by atoms with Gasteiger partial charge in [-0.15, -0.1) is 11.3 Å². The van der Waals surface area contributed by atoms with Crippen molar-refractivity contribution in [1.29, 1.82) is 0 Å². The van der Waals surface area contributed by atoms with Crippen LogP contribution in [0.3, 0.4) is 0 Å². The minimum atomic E-state index is 0.337. The molecule has 2 nitrogen and oxygen atoms in total. The van der Waals surface area contributed by atoms with E-state index in [2.05, 4.69) is 6.07 Å². The SMILES string of the molecule is O=C1CCc2cc(Oc3cccs3)ccc2C1. The molecule has 2 aromatic rings. The lowest BCUT2D eigenvalue weighted by atomic mass is 9.91. The number of hydrogen-bond donors (Lipinski definition) is 0. The molecule has 1 aromatic carbocycles. The summed E-state index contributed by atoms with van der Waals surface area (Å²) in [6.45, 7) is 0. The monoisotopic (exact) mass is 244 g/mol. The van der Waals surface area contributed by atoms with E-state index in [1.807, 2.05) is 29.6 Å². The van der Waals surface area contributed by atoms with Crippen LogP contribution in [-0.2, 0) is 17.6 Å². The minimum absolute atomic E-state index is 0.337. The summed E-state index contributed by atoms with van der Waals surface area (Å²) in [6.07, 6.45) is 2.08. The number of ether oxygens (including phenoxy) is 1. The molecule has 0 unspecified atom stereocenters. The second-order valence-corrected chi connectivity index (χ2v) is 5.09. The summed E-state index contributed by atoms with van der Waals surface area (Å²) in [5.41, 5.74) is 2.40. The zero-order chi connectivity index (χ0) is 11.7. The maximum Gasteiger partial charge on any atom is 0.180 e. The molecule has 0 radical (unpaired) electrons. The second-order valence-electron chi connectivity index (χ2n) is 4.18. The van der Waals surface area contributed by atoms with Gasteiger partial charge in [-0.25, -0.2) is 0 Å². The molecule has 0 spiro atoms. The number of carbonyl (C=O) groups excluding carboxylic acids is 1. The van der Waals surface area contributed by atoms with E-state index in [1.165, 1.54) is 5.56 Å². The van der Waals surface area contributed by atoms with E-state index in [-0.39, 0.29) is 0 Å². The van der Waals surface area contributed by atoms with E-state index in [0.717, 1.165) is 22.8 Å². The van der Waals surface area contributed by atoms with Crippen LogP contribution in [0.4, 0.5) is 0 Å². The zero-order valence-electron chi connectivity index (χ0n) is 9.31. The maximum atomic E-state index is 11.3. The van der Waals surface area contributed by atoms with Gasteiger partial charge in [0.25, 0.3) is 0 Å². The van der Waals surface area contributed by atoms with Crippen LogP contribution in [0.5, 0.6) is 10.8 Å². The summed E-state index contributed by atoms with van der Waals surface area (Å²) in [7, 11) is 0. The molecular weight excluding hydrogens is 232 g/mol. The van der Waals surface area contributed by atoms with E-state index >= 15 is 0 Å². The molecule has 0 fully saturated rings. The average Bonchev–Trinajstić information content (AvgIpc) is 2.82. The summed E-state index contributed by atoms with van der Waals surface area (Å²) >= 11 is 1.58. The highest BCUT2D eigenvalue weighted by Gasteiger charge is 2.15. The molecule has 1 aliphatic rings. The van der Waals surface area contributed by atoms with Crippen molar-refractivity contribution in [2.45, 2.75) is 19.3 Å². The molecule has 0 saturated heterocycles. The summed E-state index contributed by atoms with van der Waals surface area (Å²) < 4.78 is 5.74. The Morgan fingerprint density at radius 3 is 2.88 bits per heavy atom. The Labute approximate surface area is 104 Å². The van der Waals surface area contributed by atoms with Gasteiger partial charge in [0.2, 0.25) is 0 Å². The molecule has 0 aliphatic heterocycles. The quantitative estimate of drug-likeness (QED) is 0.806. The predicted molar refractivity (Wildman–Crippen MR) is 67.9 cm³/mol. The predicted octanol–water partition coefficient (Wildman–Crippen LogP) is 3.60. The molecule has 1 aliphatic carbocycles. The molecule has 17 heavy (non-hydrogen) atoms.